The van der Waals surface area contributed by atoms with Crippen LogP contribution in [-0.4, -0.2) is 18.1 Å². The van der Waals surface area contributed by atoms with Gasteiger partial charge in [-0.2, -0.15) is 4.98 Å². The number of nitrogens with zero attached hydrogens (tertiary/aromatic N) is 2. The van der Waals surface area contributed by atoms with Crippen molar-refractivity contribution in [1.29, 1.82) is 0 Å². The predicted molar refractivity (Wildman–Crippen MR) is 132 cm³/mol. The van der Waals surface area contributed by atoms with Crippen molar-refractivity contribution in [2.24, 2.45) is 0 Å². The van der Waals surface area contributed by atoms with Crippen LogP contribution in [0.15, 0.2) is 95.4 Å². The summed E-state index contributed by atoms with van der Waals surface area (Å²) >= 11 is 0. The molecule has 1 fully saturated rings. The van der Waals surface area contributed by atoms with Gasteiger partial charge in [0.2, 0.25) is 0 Å². The zero-order chi connectivity index (χ0) is 21.1. The number of anilines is 1. The highest BCUT2D eigenvalue weighted by atomic mass is 127. The number of benzene rings is 3. The van der Waals surface area contributed by atoms with Gasteiger partial charge in [0, 0.05) is 20.0 Å². The molecule has 4 aromatic rings. The van der Waals surface area contributed by atoms with Gasteiger partial charge >= 0.3 is 0 Å². The molecule has 5 rings (SSSR count). The SMILES string of the molecule is Cc1nc([P+](c2ccccc2)(c2ccccc2)c2ccccc2)c(N2CCCCC2)o1.[I-]. The van der Waals surface area contributed by atoms with Crippen molar-refractivity contribution in [3.63, 3.8) is 0 Å². The number of rotatable bonds is 5. The maximum absolute atomic E-state index is 6.37. The molecule has 1 saturated heterocycles. The molecule has 1 aromatic heterocycles. The Morgan fingerprint density at radius 3 is 1.56 bits per heavy atom. The Bertz CT molecular complexity index is 1030. The molecule has 32 heavy (non-hydrogen) atoms. The molecule has 0 amide bonds. The number of oxazole rings is 1. The lowest BCUT2D eigenvalue weighted by atomic mass is 10.1. The van der Waals surface area contributed by atoms with Crippen LogP contribution in [0.1, 0.15) is 25.2 Å². The minimum atomic E-state index is -2.24. The first-order chi connectivity index (χ1) is 15.3. The maximum Gasteiger partial charge on any atom is 0.261 e. The molecule has 2 heterocycles. The number of halogens is 1. The third kappa shape index (κ3) is 4.11. The van der Waals surface area contributed by atoms with Crippen LogP contribution in [0, 0.1) is 6.92 Å². The van der Waals surface area contributed by atoms with Crippen LogP contribution in [-0.2, 0) is 0 Å². The number of aryl methyl sites for hydroxylation is 1. The molecule has 1 aliphatic rings. The summed E-state index contributed by atoms with van der Waals surface area (Å²) in [6.45, 7) is 4.03. The third-order valence-corrected chi connectivity index (χ3v) is 10.2. The van der Waals surface area contributed by atoms with Gasteiger partial charge < -0.3 is 33.3 Å². The molecule has 0 saturated carbocycles. The lowest BCUT2D eigenvalue weighted by Crippen LogP contribution is -3.00. The highest BCUT2D eigenvalue weighted by molar-refractivity contribution is 8.01. The van der Waals surface area contributed by atoms with Crippen molar-refractivity contribution in [3.8, 4) is 0 Å². The van der Waals surface area contributed by atoms with Crippen LogP contribution in [0.25, 0.3) is 0 Å². The van der Waals surface area contributed by atoms with E-state index in [1.54, 1.807) is 0 Å². The smallest absolute Gasteiger partial charge is 0.261 e. The van der Waals surface area contributed by atoms with Gasteiger partial charge in [0.25, 0.3) is 11.3 Å². The molecule has 3 aromatic carbocycles. The van der Waals surface area contributed by atoms with E-state index in [9.17, 15) is 0 Å². The Kier molecular flexibility index (Phi) is 7.32. The van der Waals surface area contributed by atoms with Gasteiger partial charge in [0.05, 0.1) is 0 Å². The van der Waals surface area contributed by atoms with Crippen LogP contribution >= 0.6 is 7.26 Å². The fourth-order valence-electron chi connectivity index (χ4n) is 4.70. The summed E-state index contributed by atoms with van der Waals surface area (Å²) < 4.78 is 6.37. The highest BCUT2D eigenvalue weighted by Gasteiger charge is 2.53. The Morgan fingerprint density at radius 1 is 0.688 bits per heavy atom. The largest absolute Gasteiger partial charge is 1.00 e. The van der Waals surface area contributed by atoms with Crippen LogP contribution in [0.4, 0.5) is 5.88 Å². The lowest BCUT2D eigenvalue weighted by molar-refractivity contribution is -0.00000684. The van der Waals surface area contributed by atoms with Gasteiger partial charge in [-0.05, 0) is 55.7 Å². The summed E-state index contributed by atoms with van der Waals surface area (Å²) in [5.41, 5.74) is 1.09. The summed E-state index contributed by atoms with van der Waals surface area (Å²) in [6, 6.07) is 32.7. The summed E-state index contributed by atoms with van der Waals surface area (Å²) in [7, 11) is -2.24. The lowest BCUT2D eigenvalue weighted by Gasteiger charge is -2.30. The van der Waals surface area contributed by atoms with Crippen molar-refractivity contribution >= 4 is 34.5 Å². The van der Waals surface area contributed by atoms with Crippen LogP contribution in [0.2, 0.25) is 0 Å². The maximum atomic E-state index is 6.37. The van der Waals surface area contributed by atoms with Crippen molar-refractivity contribution < 1.29 is 28.4 Å². The highest BCUT2D eigenvalue weighted by Crippen LogP contribution is 2.56. The standard InChI is InChI=1S/C27H28N2OP.HI/c1-22-28-26(27(30-22)29-20-12-5-13-21-29)31(23-14-6-2-7-15-23,24-16-8-3-9-17-24)25-18-10-4-11-19-25;/h2-4,6-11,14-19H,5,12-13,20-21H2,1H3;1H/q+1;/p-1. The quantitative estimate of drug-likeness (QED) is 0.278. The van der Waals surface area contributed by atoms with Gasteiger partial charge in [0.15, 0.2) is 13.2 Å². The molecule has 1 aliphatic heterocycles. The Hall–Kier alpha value is -2.17. The van der Waals surface area contributed by atoms with Gasteiger partial charge in [-0.25, -0.2) is 0 Å². The third-order valence-electron chi connectivity index (χ3n) is 6.09. The van der Waals surface area contributed by atoms with Gasteiger partial charge in [-0.3, -0.25) is 0 Å². The molecule has 5 heteroatoms. The second-order valence-electron chi connectivity index (χ2n) is 8.09. The van der Waals surface area contributed by atoms with E-state index in [2.05, 4.69) is 95.9 Å². The molecule has 0 radical (unpaired) electrons. The molecular formula is C27H28IN2OP. The minimum absolute atomic E-state index is 0. The molecule has 0 aliphatic carbocycles. The average Bonchev–Trinajstić information content (AvgIpc) is 3.24. The molecule has 0 atom stereocenters. The Labute approximate surface area is 208 Å². The normalized spacial score (nSPS) is 14.1. The molecular weight excluding hydrogens is 526 g/mol. The Balaban J connectivity index is 0.00000245. The zero-order valence-electron chi connectivity index (χ0n) is 18.3. The van der Waals surface area contributed by atoms with Gasteiger partial charge in [-0.15, -0.1) is 0 Å². The molecule has 3 nitrogen and oxygen atoms in total. The van der Waals surface area contributed by atoms with Crippen LogP contribution in [0.5, 0.6) is 0 Å². The van der Waals surface area contributed by atoms with E-state index in [1.165, 1.54) is 35.2 Å². The first-order valence-electron chi connectivity index (χ1n) is 11.1. The van der Waals surface area contributed by atoms with Crippen molar-refractivity contribution in [2.75, 3.05) is 18.0 Å². The summed E-state index contributed by atoms with van der Waals surface area (Å²) in [5, 5.41) is 3.91. The summed E-state index contributed by atoms with van der Waals surface area (Å²) in [5.74, 6) is 1.70. The topological polar surface area (TPSA) is 29.3 Å². The summed E-state index contributed by atoms with van der Waals surface area (Å²) in [4.78, 5) is 7.55. The minimum Gasteiger partial charge on any atom is -1.00 e. The molecule has 0 N–H and O–H groups in total. The van der Waals surface area contributed by atoms with Gasteiger partial charge in [-0.1, -0.05) is 54.6 Å². The van der Waals surface area contributed by atoms with E-state index >= 15 is 0 Å². The van der Waals surface area contributed by atoms with E-state index in [0.717, 1.165) is 30.3 Å². The fourth-order valence-corrected chi connectivity index (χ4v) is 8.95. The van der Waals surface area contributed by atoms with Crippen molar-refractivity contribution in [3.05, 3.63) is 96.9 Å². The van der Waals surface area contributed by atoms with E-state index < -0.39 is 7.26 Å². The second-order valence-corrected chi connectivity index (χ2v) is 11.4. The number of piperidine rings is 1. The molecule has 164 valence electrons. The van der Waals surface area contributed by atoms with Crippen LogP contribution in [0.3, 0.4) is 0 Å². The van der Waals surface area contributed by atoms with Crippen molar-refractivity contribution in [2.45, 2.75) is 26.2 Å². The molecule has 0 bridgehead atoms. The predicted octanol–water partition coefficient (Wildman–Crippen LogP) is 1.60. The second kappa shape index (κ2) is 10.2. The monoisotopic (exact) mass is 554 g/mol. The molecule has 0 unspecified atom stereocenters. The summed E-state index contributed by atoms with van der Waals surface area (Å²) in [6.07, 6.45) is 3.69. The number of aromatic nitrogens is 1. The average molecular weight is 554 g/mol. The van der Waals surface area contributed by atoms with E-state index in [4.69, 9.17) is 9.40 Å². The van der Waals surface area contributed by atoms with E-state index in [-0.39, 0.29) is 24.0 Å². The first kappa shape index (κ1) is 23.0. The number of hydrogen-bond acceptors (Lipinski definition) is 3. The molecule has 0 spiro atoms. The number of hydrogen-bond donors (Lipinski definition) is 0. The first-order valence-corrected chi connectivity index (χ1v) is 12.9. The zero-order valence-corrected chi connectivity index (χ0v) is 21.4. The van der Waals surface area contributed by atoms with Gasteiger partial charge in [0.1, 0.15) is 15.9 Å². The Morgan fingerprint density at radius 2 is 1.12 bits per heavy atom. The van der Waals surface area contributed by atoms with Crippen molar-refractivity contribution in [1.82, 2.24) is 4.98 Å². The van der Waals surface area contributed by atoms with E-state index in [1.807, 2.05) is 6.92 Å². The fraction of sp³-hybridized carbons (Fsp3) is 0.222. The van der Waals surface area contributed by atoms with Crippen LogP contribution < -0.4 is 50.2 Å². The van der Waals surface area contributed by atoms with E-state index in [0.29, 0.717) is 0 Å².